The van der Waals surface area contributed by atoms with Crippen LogP contribution in [0.5, 0.6) is 11.5 Å². The molecule has 192 valence electrons. The fourth-order valence-electron chi connectivity index (χ4n) is 3.75. The monoisotopic (exact) mass is 501 g/mol. The summed E-state index contributed by atoms with van der Waals surface area (Å²) in [5, 5.41) is 8.46. The summed E-state index contributed by atoms with van der Waals surface area (Å²) in [4.78, 5) is 13.0. The standard InChI is InChI=1S/C27H30F3N3O3/c1-35-21-13-14-22(24(18-21)36-2)31-15-16-32-26(34)23(17-19-9-5-3-6-10-19)33-25(27(28,29)30)20-11-7-4-8-12-20/h3-14,18,23,25,31,33H,15-17H2,1-2H3,(H,32,34). The first-order chi connectivity index (χ1) is 17.3. The zero-order valence-corrected chi connectivity index (χ0v) is 20.1. The molecule has 6 nitrogen and oxygen atoms in total. The van der Waals surface area contributed by atoms with E-state index in [0.29, 0.717) is 23.7 Å². The van der Waals surface area contributed by atoms with E-state index in [1.807, 2.05) is 6.07 Å². The highest BCUT2D eigenvalue weighted by atomic mass is 19.4. The summed E-state index contributed by atoms with van der Waals surface area (Å²) in [7, 11) is 3.09. The average molecular weight is 502 g/mol. The molecule has 0 bridgehead atoms. The second-order valence-corrected chi connectivity index (χ2v) is 8.08. The molecule has 0 aliphatic carbocycles. The summed E-state index contributed by atoms with van der Waals surface area (Å²) in [6.45, 7) is 0.539. The molecule has 3 aromatic carbocycles. The van der Waals surface area contributed by atoms with Crippen molar-refractivity contribution in [3.8, 4) is 11.5 Å². The van der Waals surface area contributed by atoms with Gasteiger partial charge in [-0.3, -0.25) is 10.1 Å². The molecule has 3 rings (SSSR count). The van der Waals surface area contributed by atoms with Gasteiger partial charge in [0.05, 0.1) is 25.9 Å². The van der Waals surface area contributed by atoms with Gasteiger partial charge in [-0.15, -0.1) is 0 Å². The molecule has 0 aromatic heterocycles. The lowest BCUT2D eigenvalue weighted by molar-refractivity contribution is -0.160. The molecule has 0 aliphatic heterocycles. The lowest BCUT2D eigenvalue weighted by Crippen LogP contribution is -2.50. The van der Waals surface area contributed by atoms with Crippen LogP contribution in [-0.4, -0.2) is 45.4 Å². The minimum atomic E-state index is -4.58. The molecule has 0 spiro atoms. The summed E-state index contributed by atoms with van der Waals surface area (Å²) in [5.74, 6) is 0.686. The third-order valence-electron chi connectivity index (χ3n) is 5.58. The van der Waals surface area contributed by atoms with E-state index < -0.39 is 24.2 Å². The fraction of sp³-hybridized carbons (Fsp3) is 0.296. The van der Waals surface area contributed by atoms with E-state index in [4.69, 9.17) is 9.47 Å². The van der Waals surface area contributed by atoms with Gasteiger partial charge >= 0.3 is 6.18 Å². The normalized spacial score (nSPS) is 12.9. The highest BCUT2D eigenvalue weighted by molar-refractivity contribution is 5.82. The molecule has 0 radical (unpaired) electrons. The molecule has 3 N–H and O–H groups in total. The SMILES string of the molecule is COc1ccc(NCCNC(=O)C(Cc2ccccc2)NC(c2ccccc2)C(F)(F)F)c(OC)c1. The quantitative estimate of drug-likeness (QED) is 0.313. The molecular formula is C27H30F3N3O3. The summed E-state index contributed by atoms with van der Waals surface area (Å²) in [6, 6.07) is 18.7. The lowest BCUT2D eigenvalue weighted by Gasteiger charge is -2.27. The molecule has 36 heavy (non-hydrogen) atoms. The molecule has 0 heterocycles. The van der Waals surface area contributed by atoms with Crippen LogP contribution in [0.1, 0.15) is 17.2 Å². The number of hydrogen-bond donors (Lipinski definition) is 3. The number of ether oxygens (including phenoxy) is 2. The van der Waals surface area contributed by atoms with Gasteiger partial charge in [-0.25, -0.2) is 0 Å². The van der Waals surface area contributed by atoms with Crippen LogP contribution in [0, 0.1) is 0 Å². The molecule has 0 saturated heterocycles. The molecule has 1 amide bonds. The maximum absolute atomic E-state index is 14.0. The van der Waals surface area contributed by atoms with E-state index >= 15 is 0 Å². The number of halogens is 3. The largest absolute Gasteiger partial charge is 0.497 e. The molecular weight excluding hydrogens is 471 g/mol. The van der Waals surface area contributed by atoms with Crippen LogP contribution in [0.15, 0.2) is 78.9 Å². The molecule has 0 saturated carbocycles. The van der Waals surface area contributed by atoms with Gasteiger partial charge in [0, 0.05) is 19.2 Å². The predicted octanol–water partition coefficient (Wildman–Crippen LogP) is 4.74. The Kier molecular flexibility index (Phi) is 9.58. The van der Waals surface area contributed by atoms with Crippen molar-refractivity contribution in [1.82, 2.24) is 10.6 Å². The van der Waals surface area contributed by atoms with Gasteiger partial charge in [-0.2, -0.15) is 13.2 Å². The maximum Gasteiger partial charge on any atom is 0.407 e. The van der Waals surface area contributed by atoms with E-state index in [1.165, 1.54) is 19.2 Å². The smallest absolute Gasteiger partial charge is 0.407 e. The zero-order chi connectivity index (χ0) is 26.0. The van der Waals surface area contributed by atoms with Gasteiger partial charge in [0.15, 0.2) is 0 Å². The highest BCUT2D eigenvalue weighted by Gasteiger charge is 2.42. The van der Waals surface area contributed by atoms with Crippen molar-refractivity contribution >= 4 is 11.6 Å². The van der Waals surface area contributed by atoms with Crippen molar-refractivity contribution in [3.05, 3.63) is 90.0 Å². The van der Waals surface area contributed by atoms with Crippen LogP contribution in [0.3, 0.4) is 0 Å². The van der Waals surface area contributed by atoms with Gasteiger partial charge in [0.25, 0.3) is 0 Å². The van der Waals surface area contributed by atoms with Crippen LogP contribution >= 0.6 is 0 Å². The first kappa shape index (κ1) is 26.9. The van der Waals surface area contributed by atoms with Crippen molar-refractivity contribution < 1.29 is 27.4 Å². The van der Waals surface area contributed by atoms with E-state index in [0.717, 1.165) is 5.56 Å². The topological polar surface area (TPSA) is 71.6 Å². The van der Waals surface area contributed by atoms with Gasteiger partial charge in [0.2, 0.25) is 5.91 Å². The minimum Gasteiger partial charge on any atom is -0.497 e. The maximum atomic E-state index is 14.0. The van der Waals surface area contributed by atoms with Crippen molar-refractivity contribution in [3.63, 3.8) is 0 Å². The molecule has 0 fully saturated rings. The van der Waals surface area contributed by atoms with E-state index in [2.05, 4.69) is 16.0 Å². The van der Waals surface area contributed by atoms with E-state index in [1.54, 1.807) is 67.8 Å². The van der Waals surface area contributed by atoms with Gasteiger partial charge in [0.1, 0.15) is 17.5 Å². The summed E-state index contributed by atoms with van der Waals surface area (Å²) >= 11 is 0. The third-order valence-corrected chi connectivity index (χ3v) is 5.58. The van der Waals surface area contributed by atoms with Crippen LogP contribution < -0.4 is 25.4 Å². The number of anilines is 1. The summed E-state index contributed by atoms with van der Waals surface area (Å²) in [5.41, 5.74) is 1.50. The van der Waals surface area contributed by atoms with Gasteiger partial charge in [-0.1, -0.05) is 60.7 Å². The summed E-state index contributed by atoms with van der Waals surface area (Å²) < 4.78 is 52.4. The fourth-order valence-corrected chi connectivity index (χ4v) is 3.75. The predicted molar refractivity (Wildman–Crippen MR) is 133 cm³/mol. The molecule has 2 atom stereocenters. The van der Waals surface area contributed by atoms with Gasteiger partial charge in [-0.05, 0) is 29.7 Å². The second kappa shape index (κ2) is 12.8. The number of amides is 1. The average Bonchev–Trinajstić information content (AvgIpc) is 2.89. The van der Waals surface area contributed by atoms with Crippen molar-refractivity contribution in [2.75, 3.05) is 32.6 Å². The van der Waals surface area contributed by atoms with Crippen molar-refractivity contribution in [2.45, 2.75) is 24.7 Å². The number of methoxy groups -OCH3 is 2. The van der Waals surface area contributed by atoms with Crippen LogP contribution in [0.2, 0.25) is 0 Å². The Morgan fingerprint density at radius 1 is 0.889 bits per heavy atom. The summed E-state index contributed by atoms with van der Waals surface area (Å²) in [6.07, 6.45) is -4.48. The minimum absolute atomic E-state index is 0.0455. The number of nitrogens with one attached hydrogen (secondary N) is 3. The Labute approximate surface area is 208 Å². The number of alkyl halides is 3. The number of hydrogen-bond acceptors (Lipinski definition) is 5. The number of carbonyl (C=O) groups is 1. The molecule has 9 heteroatoms. The first-order valence-electron chi connectivity index (χ1n) is 11.5. The molecule has 2 unspecified atom stereocenters. The van der Waals surface area contributed by atoms with Crippen molar-refractivity contribution in [2.24, 2.45) is 0 Å². The Morgan fingerprint density at radius 2 is 1.56 bits per heavy atom. The van der Waals surface area contributed by atoms with E-state index in [9.17, 15) is 18.0 Å². The van der Waals surface area contributed by atoms with Crippen LogP contribution in [0.4, 0.5) is 18.9 Å². The highest BCUT2D eigenvalue weighted by Crippen LogP contribution is 2.33. The Balaban J connectivity index is 1.69. The molecule has 3 aromatic rings. The third kappa shape index (κ3) is 7.64. The lowest BCUT2D eigenvalue weighted by atomic mass is 10.0. The van der Waals surface area contributed by atoms with Crippen molar-refractivity contribution in [1.29, 1.82) is 0 Å². The van der Waals surface area contributed by atoms with Crippen LogP contribution in [0.25, 0.3) is 0 Å². The molecule has 0 aliphatic rings. The Bertz CT molecular complexity index is 1100. The van der Waals surface area contributed by atoms with Gasteiger partial charge < -0.3 is 20.1 Å². The zero-order valence-electron chi connectivity index (χ0n) is 20.1. The Hall–Kier alpha value is -3.72. The van der Waals surface area contributed by atoms with E-state index in [-0.39, 0.29) is 18.5 Å². The van der Waals surface area contributed by atoms with Crippen LogP contribution in [-0.2, 0) is 11.2 Å². The first-order valence-corrected chi connectivity index (χ1v) is 11.5. The Morgan fingerprint density at radius 3 is 2.17 bits per heavy atom. The number of rotatable bonds is 12. The second-order valence-electron chi connectivity index (χ2n) is 8.08. The number of carbonyl (C=O) groups excluding carboxylic acids is 1. The number of benzene rings is 3.